The Morgan fingerprint density at radius 2 is 1.48 bits per heavy atom. The quantitative estimate of drug-likeness (QED) is 0.516. The summed E-state index contributed by atoms with van der Waals surface area (Å²) < 4.78 is 71.6. The molecule has 0 spiro atoms. The second-order valence-corrected chi connectivity index (χ2v) is 4.04. The minimum Gasteiger partial charge on any atom is -0.495 e. The lowest BCUT2D eigenvalue weighted by atomic mass is 10.2. The average molecular weight is 304 g/mol. The molecular formula is C13H9F5N2O. The van der Waals surface area contributed by atoms with Crippen molar-refractivity contribution in [3.63, 3.8) is 0 Å². The molecule has 0 aliphatic rings. The van der Waals surface area contributed by atoms with Gasteiger partial charge in [0.05, 0.1) is 18.5 Å². The molecule has 0 aliphatic heterocycles. The summed E-state index contributed by atoms with van der Waals surface area (Å²) in [5, 5.41) is 1.95. The summed E-state index contributed by atoms with van der Waals surface area (Å²) in [5.74, 6) is -7.53. The van der Waals surface area contributed by atoms with E-state index in [9.17, 15) is 22.0 Å². The monoisotopic (exact) mass is 304 g/mol. The molecule has 0 aromatic heterocycles. The van der Waals surface area contributed by atoms with E-state index in [-0.39, 0.29) is 17.5 Å². The van der Waals surface area contributed by atoms with E-state index in [4.69, 9.17) is 10.5 Å². The van der Waals surface area contributed by atoms with Gasteiger partial charge in [0.25, 0.3) is 0 Å². The molecule has 0 unspecified atom stereocenters. The number of hydrogen-bond donors (Lipinski definition) is 2. The Bertz CT molecular complexity index is 679. The lowest BCUT2D eigenvalue weighted by molar-refractivity contribution is 0.416. The van der Waals surface area contributed by atoms with E-state index in [1.165, 1.54) is 7.11 Å². The van der Waals surface area contributed by atoms with Crippen LogP contribution < -0.4 is 15.8 Å². The normalized spacial score (nSPS) is 10.6. The van der Waals surface area contributed by atoms with Gasteiger partial charge in [-0.15, -0.1) is 0 Å². The van der Waals surface area contributed by atoms with Crippen molar-refractivity contribution in [1.82, 2.24) is 0 Å². The van der Waals surface area contributed by atoms with Gasteiger partial charge in [0, 0.05) is 18.2 Å². The van der Waals surface area contributed by atoms with Crippen molar-refractivity contribution in [3.05, 3.63) is 47.3 Å². The molecule has 2 aromatic carbocycles. The van der Waals surface area contributed by atoms with Crippen molar-refractivity contribution in [2.75, 3.05) is 18.2 Å². The molecule has 0 radical (unpaired) electrons. The SMILES string of the molecule is COc1cc(Nc2c(F)c(F)cc(F)c2F)c(F)cc1N. The van der Waals surface area contributed by atoms with E-state index in [2.05, 4.69) is 0 Å². The van der Waals surface area contributed by atoms with Gasteiger partial charge in [0.2, 0.25) is 0 Å². The third-order valence-corrected chi connectivity index (χ3v) is 2.69. The first-order chi connectivity index (χ1) is 9.85. The third-order valence-electron chi connectivity index (χ3n) is 2.69. The molecule has 3 nitrogen and oxygen atoms in total. The highest BCUT2D eigenvalue weighted by Crippen LogP contribution is 2.33. The van der Waals surface area contributed by atoms with Crippen LogP contribution in [0.5, 0.6) is 5.75 Å². The highest BCUT2D eigenvalue weighted by molar-refractivity contribution is 5.68. The fourth-order valence-electron chi connectivity index (χ4n) is 1.66. The molecule has 0 bridgehead atoms. The fraction of sp³-hybridized carbons (Fsp3) is 0.0769. The van der Waals surface area contributed by atoms with Crippen molar-refractivity contribution in [2.24, 2.45) is 0 Å². The van der Waals surface area contributed by atoms with E-state index in [1.54, 1.807) is 0 Å². The molecule has 21 heavy (non-hydrogen) atoms. The maximum atomic E-state index is 13.7. The molecular weight excluding hydrogens is 295 g/mol. The Balaban J connectivity index is 2.53. The highest BCUT2D eigenvalue weighted by atomic mass is 19.2. The largest absolute Gasteiger partial charge is 0.495 e. The number of hydrogen-bond acceptors (Lipinski definition) is 3. The van der Waals surface area contributed by atoms with Crippen LogP contribution in [0.1, 0.15) is 0 Å². The van der Waals surface area contributed by atoms with E-state index in [0.29, 0.717) is 0 Å². The first kappa shape index (κ1) is 14.9. The Labute approximate surface area is 116 Å². The lowest BCUT2D eigenvalue weighted by Crippen LogP contribution is -2.05. The maximum absolute atomic E-state index is 13.7. The van der Waals surface area contributed by atoms with Gasteiger partial charge < -0.3 is 15.8 Å². The first-order valence-electron chi connectivity index (χ1n) is 5.58. The van der Waals surface area contributed by atoms with Crippen molar-refractivity contribution in [2.45, 2.75) is 0 Å². The molecule has 0 amide bonds. The summed E-state index contributed by atoms with van der Waals surface area (Å²) in [7, 11) is 1.25. The number of methoxy groups -OCH3 is 1. The summed E-state index contributed by atoms with van der Waals surface area (Å²) in [6, 6.07) is 1.90. The zero-order valence-corrected chi connectivity index (χ0v) is 10.6. The highest BCUT2D eigenvalue weighted by Gasteiger charge is 2.20. The third kappa shape index (κ3) is 2.69. The fourth-order valence-corrected chi connectivity index (χ4v) is 1.66. The van der Waals surface area contributed by atoms with Crippen LogP contribution in [0.25, 0.3) is 0 Å². The molecule has 112 valence electrons. The summed E-state index contributed by atoms with van der Waals surface area (Å²) in [4.78, 5) is 0. The number of ether oxygens (including phenoxy) is 1. The minimum atomic E-state index is -1.68. The van der Waals surface area contributed by atoms with Gasteiger partial charge in [-0.2, -0.15) is 0 Å². The Morgan fingerprint density at radius 1 is 0.905 bits per heavy atom. The number of anilines is 3. The van der Waals surface area contributed by atoms with Crippen molar-refractivity contribution < 1.29 is 26.7 Å². The van der Waals surface area contributed by atoms with Crippen LogP contribution in [0.4, 0.5) is 39.0 Å². The predicted octanol–water partition coefficient (Wildman–Crippen LogP) is 3.72. The number of rotatable bonds is 3. The molecule has 0 saturated heterocycles. The van der Waals surface area contributed by atoms with Crippen LogP contribution in [-0.4, -0.2) is 7.11 Å². The summed E-state index contributed by atoms with van der Waals surface area (Å²) >= 11 is 0. The zero-order valence-electron chi connectivity index (χ0n) is 10.6. The molecule has 0 fully saturated rings. The Hall–Kier alpha value is -2.51. The first-order valence-corrected chi connectivity index (χ1v) is 5.58. The van der Waals surface area contributed by atoms with E-state index in [0.717, 1.165) is 12.1 Å². The average Bonchev–Trinajstić information content (AvgIpc) is 2.43. The molecule has 0 saturated carbocycles. The van der Waals surface area contributed by atoms with Gasteiger partial charge in [-0.05, 0) is 0 Å². The maximum Gasteiger partial charge on any atom is 0.185 e. The number of nitrogens with two attached hydrogens (primary N) is 1. The van der Waals surface area contributed by atoms with Crippen LogP contribution in [-0.2, 0) is 0 Å². The topological polar surface area (TPSA) is 47.3 Å². The van der Waals surface area contributed by atoms with Crippen LogP contribution >= 0.6 is 0 Å². The zero-order chi connectivity index (χ0) is 15.7. The Morgan fingerprint density at radius 3 is 2.00 bits per heavy atom. The van der Waals surface area contributed by atoms with E-state index >= 15 is 0 Å². The molecule has 2 rings (SSSR count). The van der Waals surface area contributed by atoms with Gasteiger partial charge in [-0.1, -0.05) is 0 Å². The molecule has 0 atom stereocenters. The second-order valence-electron chi connectivity index (χ2n) is 4.04. The lowest BCUT2D eigenvalue weighted by Gasteiger charge is -2.13. The van der Waals surface area contributed by atoms with Crippen LogP contribution in [0.3, 0.4) is 0 Å². The van der Waals surface area contributed by atoms with Gasteiger partial charge >= 0.3 is 0 Å². The van der Waals surface area contributed by atoms with Gasteiger partial charge in [0.1, 0.15) is 17.3 Å². The van der Waals surface area contributed by atoms with Gasteiger partial charge in [-0.25, -0.2) is 22.0 Å². The predicted molar refractivity (Wildman–Crippen MR) is 66.9 cm³/mol. The van der Waals surface area contributed by atoms with Crippen molar-refractivity contribution in [1.29, 1.82) is 0 Å². The summed E-state index contributed by atoms with van der Waals surface area (Å²) in [5.41, 5.74) is 3.78. The van der Waals surface area contributed by atoms with Crippen molar-refractivity contribution in [3.8, 4) is 5.75 Å². The van der Waals surface area contributed by atoms with E-state index < -0.39 is 40.5 Å². The summed E-state index contributed by atoms with van der Waals surface area (Å²) in [6.45, 7) is 0. The van der Waals surface area contributed by atoms with Crippen LogP contribution in [0, 0.1) is 29.1 Å². The second kappa shape index (κ2) is 5.47. The number of nitrogen functional groups attached to an aromatic ring is 1. The number of nitrogens with one attached hydrogen (secondary N) is 1. The molecule has 2 aromatic rings. The standard InChI is InChI=1S/C13H9F5N2O/c1-21-10-4-9(5(14)3-8(10)19)20-13-11(17)6(15)2-7(16)12(13)18/h2-4,20H,19H2,1H3. The van der Waals surface area contributed by atoms with Crippen molar-refractivity contribution >= 4 is 17.1 Å². The minimum absolute atomic E-state index is 0.0246. The Kier molecular flexibility index (Phi) is 3.88. The van der Waals surface area contributed by atoms with Crippen LogP contribution in [0.15, 0.2) is 18.2 Å². The van der Waals surface area contributed by atoms with Crippen LogP contribution in [0.2, 0.25) is 0 Å². The molecule has 3 N–H and O–H groups in total. The molecule has 0 aliphatic carbocycles. The van der Waals surface area contributed by atoms with Gasteiger partial charge in [-0.3, -0.25) is 0 Å². The summed E-state index contributed by atoms with van der Waals surface area (Å²) in [6.07, 6.45) is 0. The molecule has 8 heteroatoms. The molecule has 0 heterocycles. The van der Waals surface area contributed by atoms with E-state index in [1.807, 2.05) is 5.32 Å². The number of benzene rings is 2. The van der Waals surface area contributed by atoms with Gasteiger partial charge in [0.15, 0.2) is 23.3 Å². The number of halogens is 5. The smallest absolute Gasteiger partial charge is 0.185 e.